The number of nitrogens with zero attached hydrogens (tertiary/aromatic N) is 1. The standard InChI is InChI=1S/C14H17BrN2O3/c15-11-6-9(7-12-13(11)20-5-4-19-12)14(18)17-3-1-2-10(17)8-16/h6-7,10H,1-5,8,16H2. The Morgan fingerprint density at radius 3 is 3.00 bits per heavy atom. The number of fused-ring (bicyclic) bond motifs is 1. The fourth-order valence-corrected chi connectivity index (χ4v) is 3.30. The molecule has 1 saturated heterocycles. The van der Waals surface area contributed by atoms with Gasteiger partial charge in [0.2, 0.25) is 0 Å². The fraction of sp³-hybridized carbons (Fsp3) is 0.500. The average molecular weight is 341 g/mol. The van der Waals surface area contributed by atoms with Crippen LogP contribution in [0.1, 0.15) is 23.2 Å². The predicted molar refractivity (Wildman–Crippen MR) is 78.2 cm³/mol. The Morgan fingerprint density at radius 1 is 1.40 bits per heavy atom. The van der Waals surface area contributed by atoms with E-state index in [9.17, 15) is 4.79 Å². The van der Waals surface area contributed by atoms with Gasteiger partial charge in [0.1, 0.15) is 13.2 Å². The molecule has 1 atom stereocenters. The number of halogens is 1. The zero-order valence-electron chi connectivity index (χ0n) is 11.1. The second-order valence-corrected chi connectivity index (χ2v) is 5.87. The van der Waals surface area contributed by atoms with Gasteiger partial charge in [0, 0.05) is 24.7 Å². The Labute approximate surface area is 126 Å². The first-order valence-electron chi connectivity index (χ1n) is 6.81. The van der Waals surface area contributed by atoms with Crippen LogP contribution in [0.4, 0.5) is 0 Å². The molecule has 0 aliphatic carbocycles. The van der Waals surface area contributed by atoms with Crippen molar-refractivity contribution in [1.82, 2.24) is 4.90 Å². The topological polar surface area (TPSA) is 64.8 Å². The molecule has 0 radical (unpaired) electrons. The molecule has 1 amide bonds. The molecule has 0 saturated carbocycles. The van der Waals surface area contributed by atoms with E-state index in [4.69, 9.17) is 15.2 Å². The molecule has 2 aliphatic heterocycles. The van der Waals surface area contributed by atoms with Crippen LogP contribution in [0.3, 0.4) is 0 Å². The Kier molecular flexibility index (Phi) is 3.85. The zero-order valence-corrected chi connectivity index (χ0v) is 12.7. The molecule has 1 aromatic carbocycles. The van der Waals surface area contributed by atoms with Gasteiger partial charge >= 0.3 is 0 Å². The lowest BCUT2D eigenvalue weighted by molar-refractivity contribution is 0.0740. The smallest absolute Gasteiger partial charge is 0.254 e. The van der Waals surface area contributed by atoms with E-state index in [1.165, 1.54) is 0 Å². The third kappa shape index (κ3) is 2.38. The molecule has 20 heavy (non-hydrogen) atoms. The maximum absolute atomic E-state index is 12.6. The minimum Gasteiger partial charge on any atom is -0.486 e. The molecule has 1 aromatic rings. The Hall–Kier alpha value is -1.27. The van der Waals surface area contributed by atoms with Crippen molar-refractivity contribution in [2.75, 3.05) is 26.3 Å². The van der Waals surface area contributed by atoms with Crippen LogP contribution in [0.2, 0.25) is 0 Å². The fourth-order valence-electron chi connectivity index (χ4n) is 2.75. The molecule has 0 spiro atoms. The number of likely N-dealkylation sites (tertiary alicyclic amines) is 1. The second-order valence-electron chi connectivity index (χ2n) is 5.01. The summed E-state index contributed by atoms with van der Waals surface area (Å²) in [5, 5.41) is 0. The Bertz CT molecular complexity index is 535. The number of amides is 1. The summed E-state index contributed by atoms with van der Waals surface area (Å²) in [7, 11) is 0. The van der Waals surface area contributed by atoms with Gasteiger partial charge in [-0.1, -0.05) is 0 Å². The number of nitrogens with two attached hydrogens (primary N) is 1. The summed E-state index contributed by atoms with van der Waals surface area (Å²) in [6, 6.07) is 3.70. The number of benzene rings is 1. The van der Waals surface area contributed by atoms with Gasteiger partial charge in [0.15, 0.2) is 11.5 Å². The van der Waals surface area contributed by atoms with E-state index in [-0.39, 0.29) is 11.9 Å². The monoisotopic (exact) mass is 340 g/mol. The molecule has 108 valence electrons. The van der Waals surface area contributed by atoms with E-state index >= 15 is 0 Å². The van der Waals surface area contributed by atoms with E-state index in [1.54, 1.807) is 12.1 Å². The summed E-state index contributed by atoms with van der Waals surface area (Å²) in [5.74, 6) is 1.30. The first-order valence-corrected chi connectivity index (χ1v) is 7.60. The molecule has 5 nitrogen and oxygen atoms in total. The molecule has 2 N–H and O–H groups in total. The van der Waals surface area contributed by atoms with Crippen LogP contribution in [0.5, 0.6) is 11.5 Å². The third-order valence-corrected chi connectivity index (χ3v) is 4.34. The molecule has 6 heteroatoms. The van der Waals surface area contributed by atoms with Gasteiger partial charge in [-0.2, -0.15) is 0 Å². The van der Waals surface area contributed by atoms with Crippen molar-refractivity contribution in [2.24, 2.45) is 5.73 Å². The molecule has 3 rings (SSSR count). The van der Waals surface area contributed by atoms with Crippen molar-refractivity contribution < 1.29 is 14.3 Å². The molecule has 1 unspecified atom stereocenters. The van der Waals surface area contributed by atoms with E-state index in [0.29, 0.717) is 36.8 Å². The lowest BCUT2D eigenvalue weighted by Gasteiger charge is -2.25. The third-order valence-electron chi connectivity index (χ3n) is 3.75. The van der Waals surface area contributed by atoms with E-state index in [0.717, 1.165) is 23.9 Å². The molecular weight excluding hydrogens is 324 g/mol. The largest absolute Gasteiger partial charge is 0.486 e. The first-order chi connectivity index (χ1) is 9.70. The van der Waals surface area contributed by atoms with Gasteiger partial charge in [-0.05, 0) is 40.9 Å². The van der Waals surface area contributed by atoms with Crippen molar-refractivity contribution in [3.63, 3.8) is 0 Å². The maximum atomic E-state index is 12.6. The van der Waals surface area contributed by atoms with Crippen LogP contribution >= 0.6 is 15.9 Å². The molecule has 0 aromatic heterocycles. The quantitative estimate of drug-likeness (QED) is 0.891. The number of rotatable bonds is 2. The number of ether oxygens (including phenoxy) is 2. The van der Waals surface area contributed by atoms with Crippen LogP contribution in [0, 0.1) is 0 Å². The van der Waals surface area contributed by atoms with Crippen molar-refractivity contribution in [3.8, 4) is 11.5 Å². The maximum Gasteiger partial charge on any atom is 0.254 e. The highest BCUT2D eigenvalue weighted by Crippen LogP contribution is 2.39. The normalized spacial score (nSPS) is 21.1. The first kappa shape index (κ1) is 13.7. The van der Waals surface area contributed by atoms with Crippen LogP contribution in [0.15, 0.2) is 16.6 Å². The minimum atomic E-state index is 0.00984. The van der Waals surface area contributed by atoms with Gasteiger partial charge in [-0.3, -0.25) is 4.79 Å². The summed E-state index contributed by atoms with van der Waals surface area (Å²) in [4.78, 5) is 14.5. The molecular formula is C14H17BrN2O3. The highest BCUT2D eigenvalue weighted by molar-refractivity contribution is 9.10. The zero-order chi connectivity index (χ0) is 14.1. The van der Waals surface area contributed by atoms with Crippen LogP contribution in [0.25, 0.3) is 0 Å². The molecule has 1 fully saturated rings. The van der Waals surface area contributed by atoms with Crippen molar-refractivity contribution in [3.05, 3.63) is 22.2 Å². The summed E-state index contributed by atoms with van der Waals surface area (Å²) in [5.41, 5.74) is 6.35. The molecule has 0 bridgehead atoms. The lowest BCUT2D eigenvalue weighted by Crippen LogP contribution is -2.39. The second kappa shape index (κ2) is 5.61. The summed E-state index contributed by atoms with van der Waals surface area (Å²) in [6.07, 6.45) is 1.99. The van der Waals surface area contributed by atoms with Crippen LogP contribution < -0.4 is 15.2 Å². The van der Waals surface area contributed by atoms with Gasteiger partial charge < -0.3 is 20.1 Å². The SMILES string of the molecule is NCC1CCCN1C(=O)c1cc(Br)c2c(c1)OCCO2. The highest BCUT2D eigenvalue weighted by atomic mass is 79.9. The van der Waals surface area contributed by atoms with Crippen LogP contribution in [-0.4, -0.2) is 43.2 Å². The minimum absolute atomic E-state index is 0.00984. The van der Waals surface area contributed by atoms with Gasteiger partial charge in [-0.15, -0.1) is 0 Å². The van der Waals surface area contributed by atoms with Crippen molar-refractivity contribution >= 4 is 21.8 Å². The Morgan fingerprint density at radius 2 is 2.20 bits per heavy atom. The lowest BCUT2D eigenvalue weighted by atomic mass is 10.1. The number of carbonyl (C=O) groups is 1. The van der Waals surface area contributed by atoms with Crippen molar-refractivity contribution in [2.45, 2.75) is 18.9 Å². The Balaban J connectivity index is 1.90. The molecule has 2 heterocycles. The van der Waals surface area contributed by atoms with Crippen molar-refractivity contribution in [1.29, 1.82) is 0 Å². The van der Waals surface area contributed by atoms with E-state index < -0.39 is 0 Å². The highest BCUT2D eigenvalue weighted by Gasteiger charge is 2.29. The number of hydrogen-bond acceptors (Lipinski definition) is 4. The predicted octanol–water partition coefficient (Wildman–Crippen LogP) is 1.78. The summed E-state index contributed by atoms with van der Waals surface area (Å²) < 4.78 is 11.9. The van der Waals surface area contributed by atoms with E-state index in [1.807, 2.05) is 4.90 Å². The average Bonchev–Trinajstić information content (AvgIpc) is 2.95. The molecule has 2 aliphatic rings. The van der Waals surface area contributed by atoms with E-state index in [2.05, 4.69) is 15.9 Å². The van der Waals surface area contributed by atoms with Gasteiger partial charge in [-0.25, -0.2) is 0 Å². The summed E-state index contributed by atoms with van der Waals surface area (Å²) >= 11 is 3.44. The van der Waals surface area contributed by atoms with Gasteiger partial charge in [0.25, 0.3) is 5.91 Å². The number of hydrogen-bond donors (Lipinski definition) is 1. The van der Waals surface area contributed by atoms with Gasteiger partial charge in [0.05, 0.1) is 4.47 Å². The summed E-state index contributed by atoms with van der Waals surface area (Å²) in [6.45, 7) is 2.32. The number of carbonyl (C=O) groups excluding carboxylic acids is 1. The van der Waals surface area contributed by atoms with Crippen LogP contribution in [-0.2, 0) is 0 Å².